The molecule has 0 bridgehead atoms. The van der Waals surface area contributed by atoms with E-state index in [1.54, 1.807) is 14.0 Å². The zero-order valence-corrected chi connectivity index (χ0v) is 15.3. The second-order valence-electron chi connectivity index (χ2n) is 5.16. The summed E-state index contributed by atoms with van der Waals surface area (Å²) in [5.41, 5.74) is 5.32. The molecule has 0 saturated heterocycles. The fourth-order valence-electron chi connectivity index (χ4n) is 2.12. The summed E-state index contributed by atoms with van der Waals surface area (Å²) in [7, 11) is 1.60. The van der Waals surface area contributed by atoms with Gasteiger partial charge in [0.05, 0.1) is 13.2 Å². The summed E-state index contributed by atoms with van der Waals surface area (Å²) in [4.78, 5) is 11.5. The Morgan fingerprint density at radius 1 is 1.25 bits per heavy atom. The molecule has 0 aliphatic rings. The molecule has 0 aliphatic carbocycles. The van der Waals surface area contributed by atoms with Gasteiger partial charge in [-0.2, -0.15) is 0 Å². The van der Waals surface area contributed by atoms with Crippen molar-refractivity contribution in [3.05, 3.63) is 30.3 Å². The molecule has 0 spiro atoms. The van der Waals surface area contributed by atoms with E-state index in [0.717, 1.165) is 6.42 Å². The minimum Gasteiger partial charge on any atom is -0.484 e. The average Bonchev–Trinajstić information content (AvgIpc) is 2.57. The number of hydrogen-bond acceptors (Lipinski definition) is 6. The molecule has 2 N–H and O–H groups in total. The van der Waals surface area contributed by atoms with Crippen LogP contribution in [0.2, 0.25) is 0 Å². The Morgan fingerprint density at radius 3 is 2.46 bits per heavy atom. The van der Waals surface area contributed by atoms with Crippen LogP contribution in [0.4, 0.5) is 0 Å². The average molecular weight is 362 g/mol. The lowest BCUT2D eigenvalue weighted by atomic mass is 10.1. The number of para-hydroxylation sites is 1. The molecule has 0 unspecified atom stereocenters. The Hall–Kier alpha value is -1.34. The van der Waals surface area contributed by atoms with E-state index in [-0.39, 0.29) is 25.1 Å². The highest BCUT2D eigenvalue weighted by Crippen LogP contribution is 2.19. The number of rotatable bonds is 11. The highest BCUT2D eigenvalue weighted by molar-refractivity contribution is 5.85. The Morgan fingerprint density at radius 2 is 1.92 bits per heavy atom. The van der Waals surface area contributed by atoms with Crippen LogP contribution in [0.15, 0.2) is 30.3 Å². The first kappa shape index (κ1) is 22.7. The summed E-state index contributed by atoms with van der Waals surface area (Å²) in [5, 5.41) is 0. The van der Waals surface area contributed by atoms with Crippen LogP contribution in [0.25, 0.3) is 0 Å². The SMILES string of the molecule is CCCO[C@@H](COC)[C@@H](Oc1ccccc1)[C@H](C)OC(=O)CN.Cl. The molecule has 7 heteroatoms. The zero-order chi connectivity index (χ0) is 17.1. The molecule has 24 heavy (non-hydrogen) atoms. The Kier molecular flexibility index (Phi) is 12.3. The maximum Gasteiger partial charge on any atom is 0.320 e. The van der Waals surface area contributed by atoms with E-state index in [1.165, 1.54) is 0 Å². The number of benzene rings is 1. The van der Waals surface area contributed by atoms with Gasteiger partial charge in [-0.05, 0) is 25.5 Å². The van der Waals surface area contributed by atoms with Gasteiger partial charge in [0, 0.05) is 13.7 Å². The van der Waals surface area contributed by atoms with Gasteiger partial charge in [-0.25, -0.2) is 0 Å². The standard InChI is InChI=1S/C17H27NO5.ClH/c1-4-10-21-15(12-20-3)17(13(2)22-16(19)11-18)23-14-8-6-5-7-9-14;/h5-9,13,15,17H,4,10-12,18H2,1-3H3;1H/t13-,15-,17-;/m0./s1. The predicted octanol–water partition coefficient (Wildman–Crippen LogP) is 2.19. The lowest BCUT2D eigenvalue weighted by Gasteiger charge is -2.31. The van der Waals surface area contributed by atoms with Gasteiger partial charge in [0.15, 0.2) is 6.10 Å². The van der Waals surface area contributed by atoms with E-state index in [4.69, 9.17) is 24.7 Å². The minimum atomic E-state index is -0.525. The van der Waals surface area contributed by atoms with E-state index in [9.17, 15) is 4.79 Å². The summed E-state index contributed by atoms with van der Waals surface area (Å²) in [6, 6.07) is 9.34. The highest BCUT2D eigenvalue weighted by Gasteiger charge is 2.32. The Labute approximate surface area is 150 Å². The van der Waals surface area contributed by atoms with Gasteiger partial charge in [-0.15, -0.1) is 12.4 Å². The quantitative estimate of drug-likeness (QED) is 0.608. The topological polar surface area (TPSA) is 80.0 Å². The molecule has 1 aromatic carbocycles. The third-order valence-electron chi connectivity index (χ3n) is 3.20. The molecule has 1 rings (SSSR count). The van der Waals surface area contributed by atoms with Crippen molar-refractivity contribution in [2.45, 2.75) is 38.6 Å². The molecule has 1 aromatic rings. The molecule has 6 nitrogen and oxygen atoms in total. The largest absolute Gasteiger partial charge is 0.484 e. The zero-order valence-electron chi connectivity index (χ0n) is 14.5. The van der Waals surface area contributed by atoms with Crippen LogP contribution in [0.1, 0.15) is 20.3 Å². The summed E-state index contributed by atoms with van der Waals surface area (Å²) in [6.45, 7) is 4.52. The van der Waals surface area contributed by atoms with E-state index >= 15 is 0 Å². The molecule has 0 saturated carbocycles. The van der Waals surface area contributed by atoms with E-state index in [0.29, 0.717) is 19.0 Å². The monoisotopic (exact) mass is 361 g/mol. The summed E-state index contributed by atoms with van der Waals surface area (Å²) in [5.74, 6) is 0.195. The van der Waals surface area contributed by atoms with Crippen LogP contribution in [0, 0.1) is 0 Å². The van der Waals surface area contributed by atoms with Crippen molar-refractivity contribution in [3.63, 3.8) is 0 Å². The molecule has 0 aromatic heterocycles. The number of ether oxygens (including phenoxy) is 4. The molecular weight excluding hydrogens is 334 g/mol. The minimum absolute atomic E-state index is 0. The number of halogens is 1. The maximum absolute atomic E-state index is 11.5. The van der Waals surface area contributed by atoms with E-state index < -0.39 is 18.2 Å². The molecule has 0 amide bonds. The second-order valence-corrected chi connectivity index (χ2v) is 5.16. The van der Waals surface area contributed by atoms with Crippen LogP contribution in [-0.4, -0.2) is 51.1 Å². The third kappa shape index (κ3) is 7.97. The predicted molar refractivity (Wildman–Crippen MR) is 94.6 cm³/mol. The number of nitrogens with two attached hydrogens (primary N) is 1. The van der Waals surface area contributed by atoms with Crippen LogP contribution in [-0.2, 0) is 19.0 Å². The first-order valence-electron chi connectivity index (χ1n) is 7.84. The van der Waals surface area contributed by atoms with Gasteiger partial charge in [-0.1, -0.05) is 25.1 Å². The van der Waals surface area contributed by atoms with Crippen LogP contribution in [0.3, 0.4) is 0 Å². The van der Waals surface area contributed by atoms with Crippen LogP contribution < -0.4 is 10.5 Å². The molecule has 0 fully saturated rings. The molecule has 0 radical (unpaired) electrons. The fourth-order valence-corrected chi connectivity index (χ4v) is 2.12. The summed E-state index contributed by atoms with van der Waals surface area (Å²) >= 11 is 0. The van der Waals surface area contributed by atoms with Gasteiger partial charge in [-0.3, -0.25) is 4.79 Å². The first-order valence-corrected chi connectivity index (χ1v) is 7.84. The maximum atomic E-state index is 11.5. The Balaban J connectivity index is 0.00000529. The van der Waals surface area contributed by atoms with Gasteiger partial charge in [0.2, 0.25) is 0 Å². The smallest absolute Gasteiger partial charge is 0.320 e. The van der Waals surface area contributed by atoms with Crippen molar-refractivity contribution in [3.8, 4) is 5.75 Å². The number of carbonyl (C=O) groups is 1. The second kappa shape index (κ2) is 13.0. The van der Waals surface area contributed by atoms with Crippen molar-refractivity contribution in [2.24, 2.45) is 5.73 Å². The van der Waals surface area contributed by atoms with Crippen molar-refractivity contribution in [2.75, 3.05) is 26.9 Å². The van der Waals surface area contributed by atoms with Gasteiger partial charge in [0.25, 0.3) is 0 Å². The summed E-state index contributed by atoms with van der Waals surface area (Å²) < 4.78 is 22.4. The molecule has 138 valence electrons. The van der Waals surface area contributed by atoms with Gasteiger partial charge < -0.3 is 24.7 Å². The highest BCUT2D eigenvalue weighted by atomic mass is 35.5. The van der Waals surface area contributed by atoms with Crippen molar-refractivity contribution in [1.82, 2.24) is 0 Å². The number of hydrogen-bond donors (Lipinski definition) is 1. The third-order valence-corrected chi connectivity index (χ3v) is 3.20. The van der Waals surface area contributed by atoms with E-state index in [1.807, 2.05) is 37.3 Å². The molecule has 0 heterocycles. The normalized spacial score (nSPS) is 14.2. The van der Waals surface area contributed by atoms with Gasteiger partial charge in [0.1, 0.15) is 18.0 Å². The van der Waals surface area contributed by atoms with Gasteiger partial charge >= 0.3 is 5.97 Å². The lowest BCUT2D eigenvalue weighted by molar-refractivity contribution is -0.159. The van der Waals surface area contributed by atoms with Crippen LogP contribution >= 0.6 is 12.4 Å². The summed E-state index contributed by atoms with van der Waals surface area (Å²) in [6.07, 6.45) is -0.515. The van der Waals surface area contributed by atoms with Crippen molar-refractivity contribution in [1.29, 1.82) is 0 Å². The number of esters is 1. The number of carbonyl (C=O) groups excluding carboxylic acids is 1. The van der Waals surface area contributed by atoms with Crippen molar-refractivity contribution >= 4 is 18.4 Å². The lowest BCUT2D eigenvalue weighted by Crippen LogP contribution is -2.47. The molecule has 0 aliphatic heterocycles. The molecular formula is C17H28ClNO5. The van der Waals surface area contributed by atoms with E-state index in [2.05, 4.69) is 0 Å². The fraction of sp³-hybridized carbons (Fsp3) is 0.588. The van der Waals surface area contributed by atoms with Crippen LogP contribution in [0.5, 0.6) is 5.75 Å². The Bertz CT molecular complexity index is 446. The first-order chi connectivity index (χ1) is 11.1. The van der Waals surface area contributed by atoms with Crippen molar-refractivity contribution < 1.29 is 23.7 Å². The number of methoxy groups -OCH3 is 1. The molecule has 3 atom stereocenters.